The second-order valence-corrected chi connectivity index (χ2v) is 4.93. The molecule has 0 radical (unpaired) electrons. The fourth-order valence-corrected chi connectivity index (χ4v) is 1.96. The molecule has 19 heavy (non-hydrogen) atoms. The van der Waals surface area contributed by atoms with Gasteiger partial charge in [-0.2, -0.15) is 0 Å². The number of amides is 1. The first-order chi connectivity index (χ1) is 9.08. The summed E-state index contributed by atoms with van der Waals surface area (Å²) < 4.78 is 2.05. The van der Waals surface area contributed by atoms with E-state index < -0.39 is 0 Å². The Hall–Kier alpha value is -1.36. The molecule has 1 N–H and O–H groups in total. The van der Waals surface area contributed by atoms with E-state index in [-0.39, 0.29) is 5.91 Å². The monoisotopic (exact) mass is 266 g/mol. The molecule has 0 saturated carbocycles. The van der Waals surface area contributed by atoms with Crippen molar-refractivity contribution in [3.8, 4) is 0 Å². The Morgan fingerprint density at radius 1 is 1.42 bits per heavy atom. The molecule has 0 aliphatic rings. The molecule has 0 bridgehead atoms. The average Bonchev–Trinajstić information content (AvgIpc) is 2.82. The quantitative estimate of drug-likeness (QED) is 0.778. The average molecular weight is 266 g/mol. The molecule has 0 saturated heterocycles. The van der Waals surface area contributed by atoms with Crippen LogP contribution in [-0.2, 0) is 17.9 Å². The van der Waals surface area contributed by atoms with Gasteiger partial charge in [0.1, 0.15) is 0 Å². The molecule has 5 nitrogen and oxygen atoms in total. The predicted octanol–water partition coefficient (Wildman–Crippen LogP) is 1.64. The van der Waals surface area contributed by atoms with Gasteiger partial charge in [-0.15, -0.1) is 0 Å². The standard InChI is InChI=1S/C14H26N4O/c1-5-17(6-2)14(19)7-8-18-11-15-9-13(18)10-16-12(3)4/h9,11-12,16H,5-8,10H2,1-4H3. The molecular weight excluding hydrogens is 240 g/mol. The van der Waals surface area contributed by atoms with Crippen molar-refractivity contribution in [2.45, 2.75) is 53.2 Å². The van der Waals surface area contributed by atoms with Gasteiger partial charge in [0.15, 0.2) is 0 Å². The van der Waals surface area contributed by atoms with E-state index in [2.05, 4.69) is 28.7 Å². The molecule has 0 fully saturated rings. The van der Waals surface area contributed by atoms with E-state index >= 15 is 0 Å². The Morgan fingerprint density at radius 3 is 2.68 bits per heavy atom. The van der Waals surface area contributed by atoms with Gasteiger partial charge >= 0.3 is 0 Å². The van der Waals surface area contributed by atoms with Crippen LogP contribution < -0.4 is 5.32 Å². The van der Waals surface area contributed by atoms with E-state index in [1.807, 2.05) is 24.9 Å². The molecule has 1 aromatic rings. The summed E-state index contributed by atoms with van der Waals surface area (Å²) in [6, 6.07) is 0.445. The molecule has 5 heteroatoms. The first-order valence-corrected chi connectivity index (χ1v) is 7.08. The van der Waals surface area contributed by atoms with Crippen LogP contribution in [0.2, 0.25) is 0 Å². The van der Waals surface area contributed by atoms with E-state index in [0.29, 0.717) is 19.0 Å². The summed E-state index contributed by atoms with van der Waals surface area (Å²) in [5, 5.41) is 3.36. The minimum Gasteiger partial charge on any atom is -0.343 e. The number of aromatic nitrogens is 2. The molecule has 1 aromatic heterocycles. The maximum Gasteiger partial charge on any atom is 0.224 e. The fourth-order valence-electron chi connectivity index (χ4n) is 1.96. The smallest absolute Gasteiger partial charge is 0.224 e. The van der Waals surface area contributed by atoms with Gasteiger partial charge < -0.3 is 14.8 Å². The summed E-state index contributed by atoms with van der Waals surface area (Å²) in [5.74, 6) is 0.210. The van der Waals surface area contributed by atoms with Crippen molar-refractivity contribution in [2.24, 2.45) is 0 Å². The first-order valence-electron chi connectivity index (χ1n) is 7.08. The van der Waals surface area contributed by atoms with E-state index in [4.69, 9.17) is 0 Å². The number of hydrogen-bond acceptors (Lipinski definition) is 3. The maximum absolute atomic E-state index is 12.0. The number of rotatable bonds is 8. The van der Waals surface area contributed by atoms with Crippen LogP contribution in [0.25, 0.3) is 0 Å². The summed E-state index contributed by atoms with van der Waals surface area (Å²) in [5.41, 5.74) is 1.13. The summed E-state index contributed by atoms with van der Waals surface area (Å²) >= 11 is 0. The second-order valence-electron chi connectivity index (χ2n) is 4.93. The van der Waals surface area contributed by atoms with E-state index in [9.17, 15) is 4.79 Å². The van der Waals surface area contributed by atoms with Gasteiger partial charge in [-0.25, -0.2) is 4.98 Å². The predicted molar refractivity (Wildman–Crippen MR) is 76.7 cm³/mol. The van der Waals surface area contributed by atoms with Gasteiger partial charge in [0.25, 0.3) is 0 Å². The Morgan fingerprint density at radius 2 is 2.11 bits per heavy atom. The lowest BCUT2D eigenvalue weighted by molar-refractivity contribution is -0.131. The molecule has 1 rings (SSSR count). The SMILES string of the molecule is CCN(CC)C(=O)CCn1cncc1CNC(C)C. The third-order valence-corrected chi connectivity index (χ3v) is 3.17. The molecule has 0 aliphatic carbocycles. The number of carbonyl (C=O) groups is 1. The molecule has 0 spiro atoms. The van der Waals surface area contributed by atoms with Crippen LogP contribution >= 0.6 is 0 Å². The molecule has 0 unspecified atom stereocenters. The summed E-state index contributed by atoms with van der Waals surface area (Å²) in [6.45, 7) is 11.3. The molecule has 0 aromatic carbocycles. The number of hydrogen-bond donors (Lipinski definition) is 1. The minimum atomic E-state index is 0.210. The molecule has 1 amide bonds. The van der Waals surface area contributed by atoms with Gasteiger partial charge in [0.05, 0.1) is 12.0 Å². The zero-order valence-electron chi connectivity index (χ0n) is 12.5. The van der Waals surface area contributed by atoms with E-state index in [0.717, 1.165) is 25.3 Å². The Balaban J connectivity index is 2.49. The Kier molecular flexibility index (Phi) is 6.56. The van der Waals surface area contributed by atoms with Crippen LogP contribution in [0.4, 0.5) is 0 Å². The summed E-state index contributed by atoms with van der Waals surface area (Å²) in [7, 11) is 0. The second kappa shape index (κ2) is 7.94. The molecule has 0 atom stereocenters. The van der Waals surface area contributed by atoms with Gasteiger partial charge in [-0.3, -0.25) is 4.79 Å². The zero-order valence-corrected chi connectivity index (χ0v) is 12.5. The third kappa shape index (κ3) is 5.03. The van der Waals surface area contributed by atoms with E-state index in [1.54, 1.807) is 6.33 Å². The lowest BCUT2D eigenvalue weighted by Crippen LogP contribution is -2.31. The Labute approximate surface area is 116 Å². The van der Waals surface area contributed by atoms with Gasteiger partial charge in [0, 0.05) is 44.8 Å². The highest BCUT2D eigenvalue weighted by Gasteiger charge is 2.10. The topological polar surface area (TPSA) is 50.2 Å². The molecule has 0 aliphatic heterocycles. The van der Waals surface area contributed by atoms with E-state index in [1.165, 1.54) is 0 Å². The molecule has 1 heterocycles. The summed E-state index contributed by atoms with van der Waals surface area (Å²) in [6.07, 6.45) is 4.19. The van der Waals surface area contributed by atoms with Gasteiger partial charge in [-0.05, 0) is 13.8 Å². The number of nitrogens with zero attached hydrogens (tertiary/aromatic N) is 3. The lowest BCUT2D eigenvalue weighted by Gasteiger charge is -2.19. The number of imidazole rings is 1. The number of nitrogens with one attached hydrogen (secondary N) is 1. The van der Waals surface area contributed by atoms with Crippen LogP contribution in [0.15, 0.2) is 12.5 Å². The first kappa shape index (κ1) is 15.7. The minimum absolute atomic E-state index is 0.210. The highest BCUT2D eigenvalue weighted by Crippen LogP contribution is 2.03. The third-order valence-electron chi connectivity index (χ3n) is 3.17. The molecule has 108 valence electrons. The summed E-state index contributed by atoms with van der Waals surface area (Å²) in [4.78, 5) is 18.0. The Bertz CT molecular complexity index is 383. The normalized spacial score (nSPS) is 11.0. The largest absolute Gasteiger partial charge is 0.343 e. The van der Waals surface area contributed by atoms with Gasteiger partial charge in [-0.1, -0.05) is 13.8 Å². The lowest BCUT2D eigenvalue weighted by atomic mass is 10.3. The maximum atomic E-state index is 12.0. The van der Waals surface area contributed by atoms with Crippen LogP contribution in [0.3, 0.4) is 0 Å². The van der Waals surface area contributed by atoms with Crippen molar-refractivity contribution >= 4 is 5.91 Å². The van der Waals surface area contributed by atoms with Crippen molar-refractivity contribution in [2.75, 3.05) is 13.1 Å². The van der Waals surface area contributed by atoms with Gasteiger partial charge in [0.2, 0.25) is 5.91 Å². The number of carbonyl (C=O) groups excluding carboxylic acids is 1. The number of aryl methyl sites for hydroxylation is 1. The van der Waals surface area contributed by atoms with Crippen molar-refractivity contribution in [1.29, 1.82) is 0 Å². The van der Waals surface area contributed by atoms with Crippen LogP contribution in [0, 0.1) is 0 Å². The van der Waals surface area contributed by atoms with Crippen LogP contribution in [0.5, 0.6) is 0 Å². The molecular formula is C14H26N4O. The van der Waals surface area contributed by atoms with Crippen molar-refractivity contribution < 1.29 is 4.79 Å². The van der Waals surface area contributed by atoms with Crippen LogP contribution in [-0.4, -0.2) is 39.5 Å². The zero-order chi connectivity index (χ0) is 14.3. The van der Waals surface area contributed by atoms with Crippen molar-refractivity contribution in [1.82, 2.24) is 19.8 Å². The fraction of sp³-hybridized carbons (Fsp3) is 0.714. The van der Waals surface area contributed by atoms with Crippen molar-refractivity contribution in [3.05, 3.63) is 18.2 Å². The highest BCUT2D eigenvalue weighted by atomic mass is 16.2. The van der Waals surface area contributed by atoms with Crippen molar-refractivity contribution in [3.63, 3.8) is 0 Å². The van der Waals surface area contributed by atoms with Crippen LogP contribution in [0.1, 0.15) is 39.8 Å². The highest BCUT2D eigenvalue weighted by molar-refractivity contribution is 5.76.